The molecule has 200 valence electrons. The molecule has 0 spiro atoms. The predicted molar refractivity (Wildman–Crippen MR) is 138 cm³/mol. The van der Waals surface area contributed by atoms with Gasteiger partial charge in [0.2, 0.25) is 0 Å². The largest absolute Gasteiger partial charge is 0.476 e. The highest BCUT2D eigenvalue weighted by Gasteiger charge is 2.47. The van der Waals surface area contributed by atoms with Crippen molar-refractivity contribution >= 4 is 11.9 Å². The number of carbonyl (C=O) groups excluding carboxylic acids is 1. The van der Waals surface area contributed by atoms with Crippen LogP contribution in [0.1, 0.15) is 68.2 Å². The van der Waals surface area contributed by atoms with Gasteiger partial charge < -0.3 is 10.0 Å². The van der Waals surface area contributed by atoms with E-state index in [4.69, 9.17) is 5.11 Å². The molecular weight excluding hydrogens is 504 g/mol. The van der Waals surface area contributed by atoms with Gasteiger partial charge >= 0.3 is 5.97 Å². The molecule has 4 aromatic rings. The van der Waals surface area contributed by atoms with Crippen LogP contribution in [-0.2, 0) is 13.1 Å². The SMILES string of the molecule is O=C(O)c1cc2n(n1)CCC2c1ccccc1.O=C(c1cc2n(n1)CC[C@@H]2c1ccccc1)N1CC(F)(F)C1. The van der Waals surface area contributed by atoms with E-state index < -0.39 is 30.9 Å². The van der Waals surface area contributed by atoms with Crippen LogP contribution in [0.15, 0.2) is 72.8 Å². The average molecular weight is 532 g/mol. The van der Waals surface area contributed by atoms with Gasteiger partial charge in [0.05, 0.1) is 13.1 Å². The Morgan fingerprint density at radius 3 is 1.69 bits per heavy atom. The highest BCUT2D eigenvalue weighted by molar-refractivity contribution is 5.93. The number of carboxylic acid groups (broad SMARTS) is 1. The lowest BCUT2D eigenvalue weighted by molar-refractivity contribution is -0.113. The second kappa shape index (κ2) is 9.76. The molecule has 2 atom stereocenters. The Kier molecular flexibility index (Phi) is 6.25. The topological polar surface area (TPSA) is 93.2 Å². The van der Waals surface area contributed by atoms with Gasteiger partial charge in [-0.15, -0.1) is 0 Å². The Balaban J connectivity index is 0.000000147. The molecule has 0 bridgehead atoms. The number of carbonyl (C=O) groups is 2. The van der Waals surface area contributed by atoms with Crippen LogP contribution < -0.4 is 0 Å². The lowest BCUT2D eigenvalue weighted by Gasteiger charge is -2.38. The first-order valence-corrected chi connectivity index (χ1v) is 12.9. The molecule has 8 nitrogen and oxygen atoms in total. The molecule has 0 radical (unpaired) electrons. The lowest BCUT2D eigenvalue weighted by Crippen LogP contribution is -2.58. The Hall–Kier alpha value is -4.34. The van der Waals surface area contributed by atoms with Crippen molar-refractivity contribution in [2.75, 3.05) is 13.1 Å². The Morgan fingerprint density at radius 1 is 0.769 bits per heavy atom. The van der Waals surface area contributed by atoms with Crippen LogP contribution in [0, 0.1) is 0 Å². The molecule has 3 aliphatic rings. The minimum Gasteiger partial charge on any atom is -0.476 e. The van der Waals surface area contributed by atoms with E-state index in [9.17, 15) is 18.4 Å². The second-order valence-corrected chi connectivity index (χ2v) is 10.2. The zero-order chi connectivity index (χ0) is 27.1. The molecule has 0 saturated carbocycles. The molecular formula is C29H27F2N5O3. The number of nitrogens with zero attached hydrogens (tertiary/aromatic N) is 5. The minimum absolute atomic E-state index is 0.139. The number of halogens is 2. The first-order valence-electron chi connectivity index (χ1n) is 12.9. The van der Waals surface area contributed by atoms with Crippen molar-refractivity contribution in [3.05, 3.63) is 107 Å². The Bertz CT molecular complexity index is 1510. The highest BCUT2D eigenvalue weighted by atomic mass is 19.3. The van der Waals surface area contributed by atoms with E-state index in [2.05, 4.69) is 34.5 Å². The zero-order valence-electron chi connectivity index (χ0n) is 21.1. The van der Waals surface area contributed by atoms with E-state index in [1.54, 1.807) is 16.8 Å². The molecule has 5 heterocycles. The monoisotopic (exact) mass is 531 g/mol. The predicted octanol–water partition coefficient (Wildman–Crippen LogP) is 4.63. The highest BCUT2D eigenvalue weighted by Crippen LogP contribution is 2.36. The molecule has 1 N–H and O–H groups in total. The quantitative estimate of drug-likeness (QED) is 0.415. The number of fused-ring (bicyclic) bond motifs is 2. The zero-order valence-corrected chi connectivity index (χ0v) is 21.1. The number of hydrogen-bond donors (Lipinski definition) is 1. The summed E-state index contributed by atoms with van der Waals surface area (Å²) in [5, 5.41) is 17.3. The van der Waals surface area contributed by atoms with Crippen LogP contribution in [0.25, 0.3) is 0 Å². The molecule has 2 aromatic carbocycles. The summed E-state index contributed by atoms with van der Waals surface area (Å²) in [5.41, 5.74) is 4.82. The fourth-order valence-electron chi connectivity index (χ4n) is 5.65. The van der Waals surface area contributed by atoms with Crippen molar-refractivity contribution in [1.29, 1.82) is 0 Å². The number of hydrogen-bond acceptors (Lipinski definition) is 4. The van der Waals surface area contributed by atoms with Gasteiger partial charge in [0, 0.05) is 36.3 Å². The summed E-state index contributed by atoms with van der Waals surface area (Å²) in [5.74, 6) is -3.62. The van der Waals surface area contributed by atoms with E-state index in [1.807, 2.05) is 41.1 Å². The molecule has 2 aromatic heterocycles. The van der Waals surface area contributed by atoms with Crippen molar-refractivity contribution < 1.29 is 23.5 Å². The number of aromatic nitrogens is 4. The van der Waals surface area contributed by atoms with Crippen LogP contribution in [0.5, 0.6) is 0 Å². The molecule has 10 heteroatoms. The smallest absolute Gasteiger partial charge is 0.356 e. The van der Waals surface area contributed by atoms with Gasteiger partial charge in [-0.2, -0.15) is 10.2 Å². The van der Waals surface area contributed by atoms with Crippen LogP contribution in [0.4, 0.5) is 8.78 Å². The summed E-state index contributed by atoms with van der Waals surface area (Å²) in [6.45, 7) is 0.535. The van der Waals surface area contributed by atoms with Gasteiger partial charge in [-0.1, -0.05) is 60.7 Å². The Morgan fingerprint density at radius 2 is 1.23 bits per heavy atom. The van der Waals surface area contributed by atoms with Crippen LogP contribution in [0.3, 0.4) is 0 Å². The molecule has 7 rings (SSSR count). The van der Waals surface area contributed by atoms with Crippen molar-refractivity contribution in [2.24, 2.45) is 0 Å². The van der Waals surface area contributed by atoms with Crippen molar-refractivity contribution in [3.63, 3.8) is 0 Å². The number of likely N-dealkylation sites (tertiary alicyclic amines) is 1. The molecule has 1 fully saturated rings. The van der Waals surface area contributed by atoms with Gasteiger partial charge in [-0.3, -0.25) is 14.2 Å². The standard InChI is InChI=1S/C16H15F2N3O.C13H12N2O2/c17-16(18)9-20(10-16)15(22)13-8-14-12(6-7-21(14)19-13)11-4-2-1-3-5-11;16-13(17)11-8-12-10(6-7-15(12)14-11)9-4-2-1-3-5-9/h1-5,8,12H,6-7,9-10H2;1-5,8,10H,6-7H2,(H,16,17)/t12-;/m1./s1. The van der Waals surface area contributed by atoms with Crippen LogP contribution >= 0.6 is 0 Å². The van der Waals surface area contributed by atoms with E-state index in [1.165, 1.54) is 11.1 Å². The maximum absolute atomic E-state index is 12.9. The van der Waals surface area contributed by atoms with E-state index in [-0.39, 0.29) is 23.2 Å². The molecule has 39 heavy (non-hydrogen) atoms. The van der Waals surface area contributed by atoms with Crippen LogP contribution in [0.2, 0.25) is 0 Å². The lowest BCUT2D eigenvalue weighted by atomic mass is 9.95. The minimum atomic E-state index is -2.75. The van der Waals surface area contributed by atoms with E-state index in [0.29, 0.717) is 0 Å². The third-order valence-corrected chi connectivity index (χ3v) is 7.57. The number of alkyl halides is 2. The summed E-state index contributed by atoms with van der Waals surface area (Å²) in [6, 6.07) is 23.7. The van der Waals surface area contributed by atoms with Gasteiger partial charge in [0.1, 0.15) is 0 Å². The van der Waals surface area contributed by atoms with Crippen molar-refractivity contribution in [1.82, 2.24) is 24.5 Å². The summed E-state index contributed by atoms with van der Waals surface area (Å²) in [6.07, 6.45) is 1.94. The van der Waals surface area contributed by atoms with E-state index >= 15 is 0 Å². The first-order chi connectivity index (χ1) is 18.8. The summed E-state index contributed by atoms with van der Waals surface area (Å²) >= 11 is 0. The summed E-state index contributed by atoms with van der Waals surface area (Å²) in [4.78, 5) is 24.2. The first kappa shape index (κ1) is 25.0. The normalized spacial score (nSPS) is 20.4. The van der Waals surface area contributed by atoms with Crippen LogP contribution in [-0.4, -0.2) is 60.5 Å². The summed E-state index contributed by atoms with van der Waals surface area (Å²) < 4.78 is 29.4. The third kappa shape index (κ3) is 4.82. The number of benzene rings is 2. The maximum Gasteiger partial charge on any atom is 0.356 e. The third-order valence-electron chi connectivity index (χ3n) is 7.57. The number of rotatable bonds is 4. The van der Waals surface area contributed by atoms with Gasteiger partial charge in [-0.05, 0) is 36.1 Å². The van der Waals surface area contributed by atoms with Gasteiger partial charge in [0.25, 0.3) is 11.8 Å². The number of carboxylic acids is 1. The Labute approximate surface area is 223 Å². The number of aromatic carboxylic acids is 1. The molecule has 0 aliphatic carbocycles. The molecule has 1 unspecified atom stereocenters. The fraction of sp³-hybridized carbons (Fsp3) is 0.310. The average Bonchev–Trinajstić information content (AvgIpc) is 3.69. The molecule has 1 amide bonds. The molecule has 1 saturated heterocycles. The fourth-order valence-corrected chi connectivity index (χ4v) is 5.65. The van der Waals surface area contributed by atoms with Crippen molar-refractivity contribution in [2.45, 2.75) is 43.7 Å². The van der Waals surface area contributed by atoms with Gasteiger partial charge in [0.15, 0.2) is 11.4 Å². The van der Waals surface area contributed by atoms with E-state index in [0.717, 1.165) is 42.2 Å². The number of amides is 1. The second-order valence-electron chi connectivity index (χ2n) is 10.2. The van der Waals surface area contributed by atoms with Crippen molar-refractivity contribution in [3.8, 4) is 0 Å². The molecule has 3 aliphatic heterocycles. The van der Waals surface area contributed by atoms with Gasteiger partial charge in [-0.25, -0.2) is 13.6 Å². The number of aryl methyl sites for hydroxylation is 2. The maximum atomic E-state index is 12.9. The summed E-state index contributed by atoms with van der Waals surface area (Å²) in [7, 11) is 0.